The molecule has 4 heteroatoms. The summed E-state index contributed by atoms with van der Waals surface area (Å²) in [5, 5.41) is 10.6. The smallest absolute Gasteiger partial charge is 0.179 e. The molecule has 272 valence electrons. The van der Waals surface area contributed by atoms with Crippen LogP contribution >= 0.6 is 11.8 Å². The Labute approximate surface area is 342 Å². The molecule has 0 aliphatic carbocycles. The van der Waals surface area contributed by atoms with Crippen LogP contribution < -0.4 is 20.7 Å². The van der Waals surface area contributed by atoms with Crippen molar-refractivity contribution in [2.75, 3.05) is 0 Å². The van der Waals surface area contributed by atoms with E-state index in [1.54, 1.807) is 0 Å². The summed E-state index contributed by atoms with van der Waals surface area (Å²) in [6, 6.07) is 81.3. The molecule has 58 heavy (non-hydrogen) atoms. The molecule has 0 saturated carbocycles. The number of nitrogens with zero attached hydrogens (tertiary/aromatic N) is 2. The topological polar surface area (TPSA) is 9.86 Å². The second kappa shape index (κ2) is 13.1. The molecule has 0 unspecified atom stereocenters. The van der Waals surface area contributed by atoms with E-state index in [-0.39, 0.29) is 0 Å². The minimum atomic E-state index is -2.70. The van der Waals surface area contributed by atoms with Crippen LogP contribution in [0.25, 0.3) is 66.1 Å². The van der Waals surface area contributed by atoms with E-state index in [1.165, 1.54) is 91.0 Å². The van der Waals surface area contributed by atoms with Gasteiger partial charge in [-0.3, -0.25) is 0 Å². The van der Waals surface area contributed by atoms with Gasteiger partial charge in [-0.25, -0.2) is 0 Å². The molecule has 3 heterocycles. The third kappa shape index (κ3) is 4.79. The maximum absolute atomic E-state index is 2.70. The van der Waals surface area contributed by atoms with Gasteiger partial charge in [0, 0.05) is 42.6 Å². The Hall–Kier alpha value is -6.85. The minimum absolute atomic E-state index is 1.15. The number of para-hydroxylation sites is 4. The number of aromatic nitrogens is 2. The van der Waals surface area contributed by atoms with E-state index in [1.807, 2.05) is 11.8 Å². The lowest BCUT2D eigenvalue weighted by atomic mass is 10.0. The molecule has 0 fully saturated rings. The highest BCUT2D eigenvalue weighted by molar-refractivity contribution is 7.99. The van der Waals surface area contributed by atoms with Crippen LogP contribution in [0.3, 0.4) is 0 Å². The fourth-order valence-electron chi connectivity index (χ4n) is 9.83. The van der Waals surface area contributed by atoms with Crippen LogP contribution in [-0.4, -0.2) is 17.2 Å². The predicted octanol–water partition coefficient (Wildman–Crippen LogP) is 11.4. The molecule has 0 spiro atoms. The van der Waals surface area contributed by atoms with Gasteiger partial charge < -0.3 is 9.13 Å². The van der Waals surface area contributed by atoms with Crippen molar-refractivity contribution in [2.24, 2.45) is 0 Å². The molecule has 1 aliphatic heterocycles. The number of benzene rings is 9. The van der Waals surface area contributed by atoms with E-state index < -0.39 is 8.07 Å². The highest BCUT2D eigenvalue weighted by atomic mass is 32.2. The number of fused-ring (bicyclic) bond motifs is 8. The first-order valence-corrected chi connectivity index (χ1v) is 22.8. The van der Waals surface area contributed by atoms with Crippen molar-refractivity contribution in [3.05, 3.63) is 218 Å². The van der Waals surface area contributed by atoms with Crippen molar-refractivity contribution < 1.29 is 0 Å². The monoisotopic (exact) mass is 772 g/mol. The number of hydrogen-bond donors (Lipinski definition) is 0. The van der Waals surface area contributed by atoms with Gasteiger partial charge in [-0.1, -0.05) is 188 Å². The highest BCUT2D eigenvalue weighted by Crippen LogP contribution is 2.49. The first-order valence-electron chi connectivity index (χ1n) is 19.9. The van der Waals surface area contributed by atoms with Crippen molar-refractivity contribution in [3.8, 4) is 22.5 Å². The van der Waals surface area contributed by atoms with Crippen molar-refractivity contribution >= 4 is 84.2 Å². The molecule has 11 aromatic rings. The van der Waals surface area contributed by atoms with Crippen molar-refractivity contribution in [2.45, 2.75) is 9.79 Å². The average Bonchev–Trinajstić information content (AvgIpc) is 3.81. The molecule has 1 aliphatic rings. The third-order valence-corrected chi connectivity index (χ3v) is 18.1. The van der Waals surface area contributed by atoms with Crippen LogP contribution in [0.1, 0.15) is 0 Å². The zero-order valence-electron chi connectivity index (χ0n) is 31.6. The zero-order valence-corrected chi connectivity index (χ0v) is 33.4. The first kappa shape index (κ1) is 33.3. The zero-order chi connectivity index (χ0) is 38.2. The molecule has 0 saturated heterocycles. The van der Waals surface area contributed by atoms with Gasteiger partial charge in [0.1, 0.15) is 0 Å². The Bertz CT molecular complexity index is 3250. The lowest BCUT2D eigenvalue weighted by Gasteiger charge is -2.34. The van der Waals surface area contributed by atoms with Crippen molar-refractivity contribution in [3.63, 3.8) is 0 Å². The molecule has 12 rings (SSSR count). The Kier molecular flexibility index (Phi) is 7.52. The third-order valence-electron chi connectivity index (χ3n) is 12.3. The summed E-state index contributed by atoms with van der Waals surface area (Å²) < 4.78 is 4.95. The van der Waals surface area contributed by atoms with Crippen molar-refractivity contribution in [1.29, 1.82) is 0 Å². The van der Waals surface area contributed by atoms with Gasteiger partial charge in [0.05, 0.1) is 27.8 Å². The molecule has 0 amide bonds. The lowest BCUT2D eigenvalue weighted by molar-refractivity contribution is 1.09. The molecule has 2 aromatic heterocycles. The summed E-state index contributed by atoms with van der Waals surface area (Å²) in [4.78, 5) is 2.58. The SMILES string of the molecule is c1ccc([Si](c2ccccc2)(c2ccccc2)c2ccc3c(c2)c2ccccc2n3-c2ccc(-c3cccc4c3-n3c5ccccc5c5cccc(c53)S4)cc2)cc1. The van der Waals surface area contributed by atoms with Crippen LogP contribution in [0, 0.1) is 0 Å². The normalized spacial score (nSPS) is 12.4. The van der Waals surface area contributed by atoms with E-state index in [0.29, 0.717) is 0 Å². The predicted molar refractivity (Wildman–Crippen MR) is 248 cm³/mol. The molecule has 2 nitrogen and oxygen atoms in total. The Morgan fingerprint density at radius 3 is 1.52 bits per heavy atom. The lowest BCUT2D eigenvalue weighted by Crippen LogP contribution is -2.74. The second-order valence-corrected chi connectivity index (χ2v) is 20.1. The summed E-state index contributed by atoms with van der Waals surface area (Å²) in [5.41, 5.74) is 9.83. The summed E-state index contributed by atoms with van der Waals surface area (Å²) in [7, 11) is -2.70. The Balaban J connectivity index is 1.04. The maximum atomic E-state index is 2.51. The van der Waals surface area contributed by atoms with E-state index >= 15 is 0 Å². The van der Waals surface area contributed by atoms with E-state index in [4.69, 9.17) is 0 Å². The Morgan fingerprint density at radius 1 is 0.345 bits per heavy atom. The van der Waals surface area contributed by atoms with Gasteiger partial charge >= 0.3 is 0 Å². The van der Waals surface area contributed by atoms with E-state index in [2.05, 4.69) is 228 Å². The maximum Gasteiger partial charge on any atom is 0.179 e. The van der Waals surface area contributed by atoms with Gasteiger partial charge in [0.15, 0.2) is 8.07 Å². The molecule has 0 atom stereocenters. The standard InChI is InChI=1S/C54H36N2SSi/c1-4-16-39(17-5-1)58(40-18-6-2-7-19-40,41-20-8-3-9-21-41)42-34-35-50-47(36-42)45-23-11-12-26-48(45)55(50)38-32-30-37(31-33-38)43-24-14-28-51-53(43)56-49-27-13-10-22-44(49)46-25-15-29-52(57-51)54(46)56/h1-36H. The molecule has 0 bridgehead atoms. The first-order chi connectivity index (χ1) is 28.8. The number of hydrogen-bond acceptors (Lipinski definition) is 1. The fraction of sp³-hybridized carbons (Fsp3) is 0. The fourth-order valence-corrected chi connectivity index (χ4v) is 15.7. The van der Waals surface area contributed by atoms with Crippen LogP contribution in [0.4, 0.5) is 0 Å². The summed E-state index contributed by atoms with van der Waals surface area (Å²) in [5.74, 6) is 0. The average molecular weight is 773 g/mol. The van der Waals surface area contributed by atoms with Gasteiger partial charge in [0.2, 0.25) is 0 Å². The number of rotatable bonds is 6. The summed E-state index contributed by atoms with van der Waals surface area (Å²) in [6.07, 6.45) is 0. The molecular formula is C54H36N2SSi. The van der Waals surface area contributed by atoms with E-state index in [9.17, 15) is 0 Å². The van der Waals surface area contributed by atoms with Crippen LogP contribution in [0.5, 0.6) is 0 Å². The molecule has 9 aromatic carbocycles. The molecular weight excluding hydrogens is 737 g/mol. The van der Waals surface area contributed by atoms with Gasteiger partial charge in [-0.15, -0.1) is 0 Å². The quantitative estimate of drug-likeness (QED) is 0.121. The van der Waals surface area contributed by atoms with Crippen LogP contribution in [0.2, 0.25) is 0 Å². The second-order valence-electron chi connectivity index (χ2n) is 15.2. The van der Waals surface area contributed by atoms with Gasteiger partial charge in [-0.2, -0.15) is 0 Å². The van der Waals surface area contributed by atoms with Gasteiger partial charge in [-0.05, 0) is 68.8 Å². The minimum Gasteiger partial charge on any atom is -0.309 e. The summed E-state index contributed by atoms with van der Waals surface area (Å²) in [6.45, 7) is 0. The van der Waals surface area contributed by atoms with Crippen LogP contribution in [-0.2, 0) is 0 Å². The summed E-state index contributed by atoms with van der Waals surface area (Å²) >= 11 is 1.88. The van der Waals surface area contributed by atoms with Crippen LogP contribution in [0.15, 0.2) is 228 Å². The Morgan fingerprint density at radius 2 is 0.862 bits per heavy atom. The van der Waals surface area contributed by atoms with E-state index in [0.717, 1.165) is 5.69 Å². The molecule has 0 radical (unpaired) electrons. The molecule has 0 N–H and O–H groups in total. The van der Waals surface area contributed by atoms with Crippen molar-refractivity contribution in [1.82, 2.24) is 9.13 Å². The van der Waals surface area contributed by atoms with Gasteiger partial charge in [0.25, 0.3) is 0 Å². The largest absolute Gasteiger partial charge is 0.309 e. The highest BCUT2D eigenvalue weighted by Gasteiger charge is 2.41.